The van der Waals surface area contributed by atoms with Gasteiger partial charge in [-0.3, -0.25) is 0 Å². The minimum Gasteiger partial charge on any atom is -0.354 e. The lowest BCUT2D eigenvalue weighted by Gasteiger charge is -2.01. The SMILES string of the molecule is Cc1ccccc1-c1noc(-c2ccccc2)c1Br. The third-order valence-corrected chi connectivity index (χ3v) is 3.81. The molecule has 3 heteroatoms. The van der Waals surface area contributed by atoms with Gasteiger partial charge >= 0.3 is 0 Å². The number of hydrogen-bond donors (Lipinski definition) is 0. The van der Waals surface area contributed by atoms with Crippen LogP contribution in [-0.2, 0) is 0 Å². The van der Waals surface area contributed by atoms with Gasteiger partial charge in [0, 0.05) is 11.1 Å². The Balaban J connectivity index is 2.12. The fourth-order valence-corrected chi connectivity index (χ4v) is 2.64. The van der Waals surface area contributed by atoms with Crippen molar-refractivity contribution in [1.29, 1.82) is 0 Å². The van der Waals surface area contributed by atoms with Gasteiger partial charge in [0.1, 0.15) is 5.69 Å². The molecule has 1 heterocycles. The lowest BCUT2D eigenvalue weighted by molar-refractivity contribution is 0.434. The number of hydrogen-bond acceptors (Lipinski definition) is 2. The highest BCUT2D eigenvalue weighted by atomic mass is 79.9. The van der Waals surface area contributed by atoms with Crippen LogP contribution in [0.5, 0.6) is 0 Å². The van der Waals surface area contributed by atoms with E-state index in [2.05, 4.69) is 34.1 Å². The molecule has 2 aromatic carbocycles. The molecule has 0 radical (unpaired) electrons. The monoisotopic (exact) mass is 313 g/mol. The standard InChI is InChI=1S/C16H12BrNO/c1-11-7-5-6-10-13(11)15-14(17)16(19-18-15)12-8-3-2-4-9-12/h2-10H,1H3. The summed E-state index contributed by atoms with van der Waals surface area (Å²) in [4.78, 5) is 0. The molecular weight excluding hydrogens is 302 g/mol. The molecular formula is C16H12BrNO. The van der Waals surface area contributed by atoms with Crippen LogP contribution in [-0.4, -0.2) is 5.16 Å². The van der Waals surface area contributed by atoms with E-state index >= 15 is 0 Å². The summed E-state index contributed by atoms with van der Waals surface area (Å²) in [7, 11) is 0. The van der Waals surface area contributed by atoms with E-state index < -0.39 is 0 Å². The minimum atomic E-state index is 0.763. The summed E-state index contributed by atoms with van der Waals surface area (Å²) in [5, 5.41) is 4.20. The van der Waals surface area contributed by atoms with Crippen LogP contribution in [0.3, 0.4) is 0 Å². The first-order chi connectivity index (χ1) is 9.27. The van der Waals surface area contributed by atoms with Crippen molar-refractivity contribution in [3.63, 3.8) is 0 Å². The average molecular weight is 314 g/mol. The second-order valence-corrected chi connectivity index (χ2v) is 5.15. The van der Waals surface area contributed by atoms with E-state index in [1.54, 1.807) is 0 Å². The second kappa shape index (κ2) is 5.02. The summed E-state index contributed by atoms with van der Waals surface area (Å²) < 4.78 is 6.39. The van der Waals surface area contributed by atoms with Crippen LogP contribution in [0.4, 0.5) is 0 Å². The molecule has 0 fully saturated rings. The van der Waals surface area contributed by atoms with Crippen molar-refractivity contribution in [2.24, 2.45) is 0 Å². The summed E-state index contributed by atoms with van der Waals surface area (Å²) >= 11 is 3.60. The number of aryl methyl sites for hydroxylation is 1. The Kier molecular flexibility index (Phi) is 3.22. The van der Waals surface area contributed by atoms with Crippen LogP contribution in [0.15, 0.2) is 63.6 Å². The quantitative estimate of drug-likeness (QED) is 0.659. The van der Waals surface area contributed by atoms with Gasteiger partial charge in [0.05, 0.1) is 4.47 Å². The zero-order chi connectivity index (χ0) is 13.2. The van der Waals surface area contributed by atoms with Crippen LogP contribution in [0.25, 0.3) is 22.6 Å². The highest BCUT2D eigenvalue weighted by Crippen LogP contribution is 2.37. The third kappa shape index (κ3) is 2.22. The Morgan fingerprint density at radius 3 is 2.37 bits per heavy atom. The van der Waals surface area contributed by atoms with Gasteiger partial charge in [-0.1, -0.05) is 59.8 Å². The number of rotatable bonds is 2. The van der Waals surface area contributed by atoms with Gasteiger partial charge in [-0.25, -0.2) is 0 Å². The molecule has 3 rings (SSSR count). The fraction of sp³-hybridized carbons (Fsp3) is 0.0625. The van der Waals surface area contributed by atoms with Gasteiger partial charge in [-0.2, -0.15) is 0 Å². The lowest BCUT2D eigenvalue weighted by Crippen LogP contribution is -1.83. The smallest absolute Gasteiger partial charge is 0.181 e. The molecule has 0 saturated heterocycles. The zero-order valence-electron chi connectivity index (χ0n) is 10.4. The maximum Gasteiger partial charge on any atom is 0.181 e. The van der Waals surface area contributed by atoms with E-state index in [-0.39, 0.29) is 0 Å². The highest BCUT2D eigenvalue weighted by molar-refractivity contribution is 9.10. The van der Waals surface area contributed by atoms with E-state index in [9.17, 15) is 0 Å². The second-order valence-electron chi connectivity index (χ2n) is 4.36. The molecule has 0 unspecified atom stereocenters. The predicted octanol–water partition coefficient (Wildman–Crippen LogP) is 5.08. The molecule has 0 aliphatic carbocycles. The van der Waals surface area contributed by atoms with E-state index in [4.69, 9.17) is 4.52 Å². The fourth-order valence-electron chi connectivity index (χ4n) is 2.05. The van der Waals surface area contributed by atoms with Gasteiger partial charge in [0.2, 0.25) is 0 Å². The largest absolute Gasteiger partial charge is 0.354 e. The summed E-state index contributed by atoms with van der Waals surface area (Å²) in [5.41, 5.74) is 4.12. The molecule has 0 spiro atoms. The molecule has 0 bridgehead atoms. The number of aromatic nitrogens is 1. The molecule has 19 heavy (non-hydrogen) atoms. The molecule has 0 aliphatic heterocycles. The van der Waals surface area contributed by atoms with Gasteiger partial charge in [-0.05, 0) is 28.4 Å². The van der Waals surface area contributed by atoms with Crippen LogP contribution in [0.1, 0.15) is 5.56 Å². The predicted molar refractivity (Wildman–Crippen MR) is 79.8 cm³/mol. The summed E-state index contributed by atoms with van der Waals surface area (Å²) in [6.07, 6.45) is 0. The summed E-state index contributed by atoms with van der Waals surface area (Å²) in [5.74, 6) is 0.763. The molecule has 0 saturated carbocycles. The van der Waals surface area contributed by atoms with E-state index in [0.717, 1.165) is 27.1 Å². The van der Waals surface area contributed by atoms with Crippen molar-refractivity contribution < 1.29 is 4.52 Å². The molecule has 0 amide bonds. The van der Waals surface area contributed by atoms with Crippen LogP contribution in [0.2, 0.25) is 0 Å². The third-order valence-electron chi connectivity index (χ3n) is 3.07. The molecule has 0 aliphatic rings. The Bertz CT molecular complexity index is 704. The minimum absolute atomic E-state index is 0.763. The summed E-state index contributed by atoms with van der Waals surface area (Å²) in [6.45, 7) is 2.07. The van der Waals surface area contributed by atoms with Gasteiger partial charge in [-0.15, -0.1) is 0 Å². The van der Waals surface area contributed by atoms with E-state index in [1.165, 1.54) is 5.56 Å². The maximum atomic E-state index is 5.49. The number of nitrogens with zero attached hydrogens (tertiary/aromatic N) is 1. The molecule has 0 N–H and O–H groups in total. The molecule has 94 valence electrons. The lowest BCUT2D eigenvalue weighted by atomic mass is 10.0. The van der Waals surface area contributed by atoms with Crippen molar-refractivity contribution in [3.8, 4) is 22.6 Å². The Morgan fingerprint density at radius 2 is 1.63 bits per heavy atom. The van der Waals surface area contributed by atoms with Crippen molar-refractivity contribution in [3.05, 3.63) is 64.6 Å². The van der Waals surface area contributed by atoms with E-state index in [0.29, 0.717) is 0 Å². The first-order valence-corrected chi connectivity index (χ1v) is 6.83. The van der Waals surface area contributed by atoms with Crippen LogP contribution in [0, 0.1) is 6.92 Å². The van der Waals surface area contributed by atoms with Gasteiger partial charge in [0.25, 0.3) is 0 Å². The van der Waals surface area contributed by atoms with Gasteiger partial charge in [0.15, 0.2) is 5.76 Å². The van der Waals surface area contributed by atoms with Crippen molar-refractivity contribution >= 4 is 15.9 Å². The Morgan fingerprint density at radius 1 is 0.947 bits per heavy atom. The highest BCUT2D eigenvalue weighted by Gasteiger charge is 2.17. The van der Waals surface area contributed by atoms with Crippen molar-refractivity contribution in [2.45, 2.75) is 6.92 Å². The van der Waals surface area contributed by atoms with Gasteiger partial charge < -0.3 is 4.52 Å². The van der Waals surface area contributed by atoms with Crippen molar-refractivity contribution in [1.82, 2.24) is 5.16 Å². The van der Waals surface area contributed by atoms with Crippen molar-refractivity contribution in [2.75, 3.05) is 0 Å². The number of benzene rings is 2. The molecule has 1 aromatic heterocycles. The normalized spacial score (nSPS) is 10.6. The molecule has 3 aromatic rings. The number of halogens is 1. The Labute approximate surface area is 120 Å². The van der Waals surface area contributed by atoms with Crippen LogP contribution < -0.4 is 0 Å². The molecule has 2 nitrogen and oxygen atoms in total. The zero-order valence-corrected chi connectivity index (χ0v) is 12.0. The summed E-state index contributed by atoms with van der Waals surface area (Å²) in [6, 6.07) is 18.1. The Hall–Kier alpha value is -1.87. The first kappa shape index (κ1) is 12.2. The average Bonchev–Trinajstić information content (AvgIpc) is 2.82. The van der Waals surface area contributed by atoms with E-state index in [1.807, 2.05) is 48.5 Å². The molecule has 0 atom stereocenters. The maximum absolute atomic E-state index is 5.49. The van der Waals surface area contributed by atoms with Crippen LogP contribution >= 0.6 is 15.9 Å². The first-order valence-electron chi connectivity index (χ1n) is 6.04. The topological polar surface area (TPSA) is 26.0 Å².